The molecule has 36 heavy (non-hydrogen) atoms. The molecule has 1 aliphatic rings. The molecule has 1 aliphatic heterocycles. The zero-order chi connectivity index (χ0) is 25.4. The normalized spacial score (nSPS) is 19.7. The molecule has 3 unspecified atom stereocenters. The minimum Gasteiger partial charge on any atom is -0.302 e. The first-order valence-corrected chi connectivity index (χ1v) is 14.3. The Hall–Kier alpha value is -1.77. The third-order valence-electron chi connectivity index (χ3n) is 7.09. The fourth-order valence-corrected chi connectivity index (χ4v) is 6.29. The Morgan fingerprint density at radius 3 is 2.28 bits per heavy atom. The number of halogens is 1. The van der Waals surface area contributed by atoms with Crippen molar-refractivity contribution in [1.82, 2.24) is 14.5 Å². The maximum absolute atomic E-state index is 13.2. The first kappa shape index (κ1) is 30.5. The van der Waals surface area contributed by atoms with Gasteiger partial charge < -0.3 is 5.32 Å². The number of hydrogen-bond acceptors (Lipinski definition) is 5. The van der Waals surface area contributed by atoms with Crippen LogP contribution in [0.3, 0.4) is 0 Å². The van der Waals surface area contributed by atoms with Crippen LogP contribution in [0, 0.1) is 11.8 Å². The molecule has 0 radical (unpaired) electrons. The summed E-state index contributed by atoms with van der Waals surface area (Å²) in [6.45, 7) is 9.06. The standard InChI is InChI=1S/C28H41N3O3S.ClH/c1-5-29-27-20-24(28(32)22(2)3)16-18-31(27)19-17-25(23-12-8-6-9-13-23)21-30(4)35(33,34)26-14-10-7-11-15-26;/h6-15,22,24-25,27,29H,5,16-21H2,1-4H3;1H. The van der Waals surface area contributed by atoms with Gasteiger partial charge in [-0.05, 0) is 49.4 Å². The SMILES string of the molecule is CCNC1CC(C(=O)C(C)C)CCN1CCC(CN(C)S(=O)(=O)c1ccccc1)c1ccccc1.Cl. The van der Waals surface area contributed by atoms with Crippen molar-refractivity contribution in [3.05, 3.63) is 66.2 Å². The Labute approximate surface area is 223 Å². The van der Waals surface area contributed by atoms with Gasteiger partial charge in [0.1, 0.15) is 5.78 Å². The van der Waals surface area contributed by atoms with Gasteiger partial charge in [0, 0.05) is 38.5 Å². The van der Waals surface area contributed by atoms with Crippen LogP contribution in [0.2, 0.25) is 0 Å². The average molecular weight is 536 g/mol. The molecule has 0 spiro atoms. The molecule has 2 aromatic rings. The van der Waals surface area contributed by atoms with Crippen LogP contribution in [0.4, 0.5) is 0 Å². The number of rotatable bonds is 12. The van der Waals surface area contributed by atoms with E-state index in [9.17, 15) is 13.2 Å². The Morgan fingerprint density at radius 2 is 1.69 bits per heavy atom. The van der Waals surface area contributed by atoms with Crippen LogP contribution in [-0.2, 0) is 14.8 Å². The molecule has 6 nitrogen and oxygen atoms in total. The van der Waals surface area contributed by atoms with Gasteiger partial charge in [0.15, 0.2) is 0 Å². The lowest BCUT2D eigenvalue weighted by atomic mass is 9.85. The van der Waals surface area contributed by atoms with Crippen LogP contribution < -0.4 is 5.32 Å². The van der Waals surface area contributed by atoms with E-state index in [-0.39, 0.29) is 36.3 Å². The first-order chi connectivity index (χ1) is 16.7. The summed E-state index contributed by atoms with van der Waals surface area (Å²) >= 11 is 0. The number of benzene rings is 2. The topological polar surface area (TPSA) is 69.7 Å². The van der Waals surface area contributed by atoms with Crippen LogP contribution in [0.1, 0.15) is 51.5 Å². The number of Topliss-reactive ketones (excluding diaryl/α,β-unsaturated/α-hetero) is 1. The Balaban J connectivity index is 0.00000456. The molecule has 1 saturated heterocycles. The van der Waals surface area contributed by atoms with Gasteiger partial charge in [0.2, 0.25) is 10.0 Å². The van der Waals surface area contributed by atoms with Crippen LogP contribution in [0.25, 0.3) is 0 Å². The number of sulfonamides is 1. The second-order valence-electron chi connectivity index (χ2n) is 9.88. The highest BCUT2D eigenvalue weighted by molar-refractivity contribution is 7.89. The second kappa shape index (κ2) is 14.2. The number of likely N-dealkylation sites (tertiary alicyclic amines) is 1. The molecule has 3 atom stereocenters. The van der Waals surface area contributed by atoms with Gasteiger partial charge in [-0.2, -0.15) is 0 Å². The quantitative estimate of drug-likeness (QED) is 0.424. The molecular weight excluding hydrogens is 494 g/mol. The third kappa shape index (κ3) is 7.86. The van der Waals surface area contributed by atoms with E-state index in [1.807, 2.05) is 38.1 Å². The molecule has 0 amide bonds. The molecular formula is C28H42ClN3O3S. The molecule has 1 N–H and O–H groups in total. The number of piperidine rings is 1. The molecule has 0 aromatic heterocycles. The molecule has 0 saturated carbocycles. The number of nitrogens with one attached hydrogen (secondary N) is 1. The highest BCUT2D eigenvalue weighted by Crippen LogP contribution is 2.28. The Kier molecular flexibility index (Phi) is 12.0. The molecule has 0 aliphatic carbocycles. The molecule has 200 valence electrons. The summed E-state index contributed by atoms with van der Waals surface area (Å²) in [6.07, 6.45) is 2.73. The van der Waals surface area contributed by atoms with Crippen molar-refractivity contribution in [2.24, 2.45) is 11.8 Å². The van der Waals surface area contributed by atoms with Crippen molar-refractivity contribution in [1.29, 1.82) is 0 Å². The van der Waals surface area contributed by atoms with E-state index in [1.54, 1.807) is 31.3 Å². The summed E-state index contributed by atoms with van der Waals surface area (Å²) in [4.78, 5) is 15.4. The average Bonchev–Trinajstić information content (AvgIpc) is 2.87. The Bertz CT molecular complexity index is 1030. The predicted octanol–water partition coefficient (Wildman–Crippen LogP) is 4.78. The maximum Gasteiger partial charge on any atom is 0.242 e. The van der Waals surface area contributed by atoms with E-state index in [4.69, 9.17) is 0 Å². The number of carbonyl (C=O) groups is 1. The summed E-state index contributed by atoms with van der Waals surface area (Å²) in [6, 6.07) is 18.8. The summed E-state index contributed by atoms with van der Waals surface area (Å²) < 4.78 is 27.8. The largest absolute Gasteiger partial charge is 0.302 e. The highest BCUT2D eigenvalue weighted by atomic mass is 35.5. The number of ketones is 1. The van der Waals surface area contributed by atoms with Crippen LogP contribution in [-0.4, -0.2) is 62.8 Å². The van der Waals surface area contributed by atoms with Crippen LogP contribution >= 0.6 is 12.4 Å². The number of hydrogen-bond donors (Lipinski definition) is 1. The predicted molar refractivity (Wildman–Crippen MR) is 149 cm³/mol. The van der Waals surface area contributed by atoms with Gasteiger partial charge in [-0.15, -0.1) is 12.4 Å². The molecule has 8 heteroatoms. The van der Waals surface area contributed by atoms with Gasteiger partial charge >= 0.3 is 0 Å². The molecule has 1 fully saturated rings. The maximum atomic E-state index is 13.2. The van der Waals surface area contributed by atoms with E-state index in [0.717, 1.165) is 44.5 Å². The summed E-state index contributed by atoms with van der Waals surface area (Å²) in [5.74, 6) is 0.611. The zero-order valence-corrected chi connectivity index (χ0v) is 23.6. The zero-order valence-electron chi connectivity index (χ0n) is 22.0. The van der Waals surface area contributed by atoms with Crippen LogP contribution in [0.5, 0.6) is 0 Å². The Morgan fingerprint density at radius 1 is 1.08 bits per heavy atom. The molecule has 1 heterocycles. The van der Waals surface area contributed by atoms with Crippen molar-refractivity contribution in [3.63, 3.8) is 0 Å². The van der Waals surface area contributed by atoms with E-state index in [2.05, 4.69) is 29.3 Å². The minimum absolute atomic E-state index is 0. The van der Waals surface area contributed by atoms with Gasteiger partial charge in [-0.25, -0.2) is 12.7 Å². The van der Waals surface area contributed by atoms with E-state index >= 15 is 0 Å². The summed E-state index contributed by atoms with van der Waals surface area (Å²) in [5.41, 5.74) is 1.15. The number of carbonyl (C=O) groups excluding carboxylic acids is 1. The highest BCUT2D eigenvalue weighted by Gasteiger charge is 2.33. The van der Waals surface area contributed by atoms with Gasteiger partial charge in [-0.1, -0.05) is 69.3 Å². The first-order valence-electron chi connectivity index (χ1n) is 12.8. The van der Waals surface area contributed by atoms with Crippen molar-refractivity contribution in [3.8, 4) is 0 Å². The van der Waals surface area contributed by atoms with Gasteiger partial charge in [0.05, 0.1) is 11.1 Å². The number of nitrogens with zero attached hydrogens (tertiary/aromatic N) is 2. The smallest absolute Gasteiger partial charge is 0.242 e. The third-order valence-corrected chi connectivity index (χ3v) is 8.93. The van der Waals surface area contributed by atoms with Gasteiger partial charge in [0.25, 0.3) is 0 Å². The minimum atomic E-state index is -3.56. The fourth-order valence-electron chi connectivity index (χ4n) is 5.05. The van der Waals surface area contributed by atoms with E-state index in [0.29, 0.717) is 17.2 Å². The fraction of sp³-hybridized carbons (Fsp3) is 0.536. The van der Waals surface area contributed by atoms with Gasteiger partial charge in [-0.3, -0.25) is 9.69 Å². The van der Waals surface area contributed by atoms with Crippen molar-refractivity contribution >= 4 is 28.2 Å². The number of likely N-dealkylation sites (N-methyl/N-ethyl adjacent to an activating group) is 1. The van der Waals surface area contributed by atoms with E-state index < -0.39 is 10.0 Å². The lowest BCUT2D eigenvalue weighted by molar-refractivity contribution is -0.128. The lowest BCUT2D eigenvalue weighted by Gasteiger charge is -2.40. The summed E-state index contributed by atoms with van der Waals surface area (Å²) in [5, 5.41) is 3.58. The molecule has 2 aromatic carbocycles. The van der Waals surface area contributed by atoms with E-state index in [1.165, 1.54) is 4.31 Å². The van der Waals surface area contributed by atoms with Crippen molar-refractivity contribution in [2.45, 2.75) is 57.0 Å². The monoisotopic (exact) mass is 535 g/mol. The van der Waals surface area contributed by atoms with Crippen LogP contribution in [0.15, 0.2) is 65.6 Å². The van der Waals surface area contributed by atoms with Crippen molar-refractivity contribution in [2.75, 3.05) is 33.2 Å². The molecule has 3 rings (SSSR count). The lowest BCUT2D eigenvalue weighted by Crippen LogP contribution is -2.52. The summed E-state index contributed by atoms with van der Waals surface area (Å²) in [7, 11) is -1.89. The van der Waals surface area contributed by atoms with Crippen molar-refractivity contribution < 1.29 is 13.2 Å². The second-order valence-corrected chi connectivity index (χ2v) is 11.9. The molecule has 0 bridgehead atoms.